The first-order valence-corrected chi connectivity index (χ1v) is 5.58. The number of alkyl halides is 1. The van der Waals surface area contributed by atoms with E-state index in [1.807, 2.05) is 31.2 Å². The molecule has 0 radical (unpaired) electrons. The van der Waals surface area contributed by atoms with Crippen LogP contribution in [0.25, 0.3) is 0 Å². The maximum Gasteiger partial charge on any atom is 0.127 e. The molecule has 0 saturated carbocycles. The van der Waals surface area contributed by atoms with Gasteiger partial charge in [-0.05, 0) is 38.8 Å². The molecule has 2 atom stereocenters. The second kappa shape index (κ2) is 3.93. The van der Waals surface area contributed by atoms with E-state index in [0.717, 1.165) is 18.5 Å². The molecule has 1 aliphatic rings. The van der Waals surface area contributed by atoms with E-state index in [0.29, 0.717) is 6.42 Å². The van der Waals surface area contributed by atoms with Crippen LogP contribution in [0, 0.1) is 6.92 Å². The first kappa shape index (κ1) is 10.6. The van der Waals surface area contributed by atoms with Crippen molar-refractivity contribution in [2.45, 2.75) is 38.4 Å². The summed E-state index contributed by atoms with van der Waals surface area (Å²) in [5.41, 5.74) is 1.16. The lowest BCUT2D eigenvalue weighted by molar-refractivity contribution is 0.0883. The van der Waals surface area contributed by atoms with Crippen molar-refractivity contribution in [3.05, 3.63) is 35.4 Å². The lowest BCUT2D eigenvalue weighted by Gasteiger charge is -2.36. The molecule has 1 aromatic carbocycles. The highest BCUT2D eigenvalue weighted by molar-refractivity contribution is 5.26. The maximum atomic E-state index is 14.3. The fourth-order valence-corrected chi connectivity index (χ4v) is 2.26. The van der Waals surface area contributed by atoms with E-state index in [9.17, 15) is 4.39 Å². The van der Waals surface area contributed by atoms with Gasteiger partial charge in [0.25, 0.3) is 0 Å². The van der Waals surface area contributed by atoms with Crippen LogP contribution in [0.5, 0.6) is 0 Å². The van der Waals surface area contributed by atoms with Crippen molar-refractivity contribution in [3.8, 4) is 0 Å². The van der Waals surface area contributed by atoms with Crippen LogP contribution in [0.3, 0.4) is 0 Å². The number of benzene rings is 1. The zero-order valence-corrected chi connectivity index (χ0v) is 9.39. The number of aryl methyl sites for hydroxylation is 1. The normalized spacial score (nSPS) is 31.5. The zero-order valence-electron chi connectivity index (χ0n) is 9.39. The molecule has 1 nitrogen and oxygen atoms in total. The van der Waals surface area contributed by atoms with E-state index in [1.54, 1.807) is 6.92 Å². The molecule has 1 heterocycles. The van der Waals surface area contributed by atoms with Gasteiger partial charge in [-0.1, -0.05) is 29.8 Å². The molecule has 15 heavy (non-hydrogen) atoms. The number of hydrogen-bond donors (Lipinski definition) is 1. The SMILES string of the molecule is Cc1ccc(C2NCCCC2(C)F)cc1. The van der Waals surface area contributed by atoms with Crippen LogP contribution >= 0.6 is 0 Å². The van der Waals surface area contributed by atoms with Crippen LogP contribution in [0.15, 0.2) is 24.3 Å². The molecular formula is C13H18FN. The van der Waals surface area contributed by atoms with Crippen molar-refractivity contribution in [1.82, 2.24) is 5.32 Å². The van der Waals surface area contributed by atoms with Gasteiger partial charge in [-0.25, -0.2) is 4.39 Å². The van der Waals surface area contributed by atoms with Crippen molar-refractivity contribution in [3.63, 3.8) is 0 Å². The summed E-state index contributed by atoms with van der Waals surface area (Å²) < 4.78 is 14.3. The molecule has 1 N–H and O–H groups in total. The minimum atomic E-state index is -1.12. The topological polar surface area (TPSA) is 12.0 Å². The van der Waals surface area contributed by atoms with Gasteiger partial charge >= 0.3 is 0 Å². The molecule has 1 aromatic rings. The van der Waals surface area contributed by atoms with E-state index in [2.05, 4.69) is 5.32 Å². The Kier molecular flexibility index (Phi) is 2.79. The highest BCUT2D eigenvalue weighted by atomic mass is 19.1. The van der Waals surface area contributed by atoms with Crippen LogP contribution in [0.4, 0.5) is 4.39 Å². The summed E-state index contributed by atoms with van der Waals surface area (Å²) in [5.74, 6) is 0. The molecule has 0 bridgehead atoms. The van der Waals surface area contributed by atoms with Gasteiger partial charge in [0.1, 0.15) is 5.67 Å². The van der Waals surface area contributed by atoms with E-state index < -0.39 is 5.67 Å². The van der Waals surface area contributed by atoms with E-state index >= 15 is 0 Å². The minimum absolute atomic E-state index is 0.146. The fraction of sp³-hybridized carbons (Fsp3) is 0.538. The molecule has 0 aliphatic carbocycles. The molecule has 2 heteroatoms. The highest BCUT2D eigenvalue weighted by Gasteiger charge is 2.37. The molecule has 0 aromatic heterocycles. The van der Waals surface area contributed by atoms with Gasteiger partial charge in [0, 0.05) is 0 Å². The van der Waals surface area contributed by atoms with Gasteiger partial charge < -0.3 is 5.32 Å². The van der Waals surface area contributed by atoms with E-state index in [-0.39, 0.29) is 6.04 Å². The lowest BCUT2D eigenvalue weighted by Crippen LogP contribution is -2.43. The third-order valence-electron chi connectivity index (χ3n) is 3.20. The van der Waals surface area contributed by atoms with Crippen molar-refractivity contribution in [2.75, 3.05) is 6.54 Å². The van der Waals surface area contributed by atoms with Crippen molar-refractivity contribution >= 4 is 0 Å². The van der Waals surface area contributed by atoms with Crippen molar-refractivity contribution in [2.24, 2.45) is 0 Å². The van der Waals surface area contributed by atoms with Gasteiger partial charge in [-0.3, -0.25) is 0 Å². The average Bonchev–Trinajstić information content (AvgIpc) is 2.19. The quantitative estimate of drug-likeness (QED) is 0.746. The molecule has 1 fully saturated rings. The van der Waals surface area contributed by atoms with Crippen LogP contribution in [-0.2, 0) is 0 Å². The van der Waals surface area contributed by atoms with Gasteiger partial charge in [0.05, 0.1) is 6.04 Å². The predicted molar refractivity (Wildman–Crippen MR) is 60.7 cm³/mol. The number of halogens is 1. The van der Waals surface area contributed by atoms with Gasteiger partial charge in [-0.15, -0.1) is 0 Å². The minimum Gasteiger partial charge on any atom is -0.307 e. The molecule has 0 amide bonds. The van der Waals surface area contributed by atoms with Crippen molar-refractivity contribution < 1.29 is 4.39 Å². The van der Waals surface area contributed by atoms with Crippen LogP contribution < -0.4 is 5.32 Å². The summed E-state index contributed by atoms with van der Waals surface area (Å²) in [6.07, 6.45) is 1.58. The summed E-state index contributed by atoms with van der Waals surface area (Å²) in [6, 6.07) is 7.99. The predicted octanol–water partition coefficient (Wildman–Crippen LogP) is 3.15. The third kappa shape index (κ3) is 2.20. The summed E-state index contributed by atoms with van der Waals surface area (Å²) >= 11 is 0. The lowest BCUT2D eigenvalue weighted by atomic mass is 9.85. The van der Waals surface area contributed by atoms with Gasteiger partial charge in [0.15, 0.2) is 0 Å². The Labute approximate surface area is 90.7 Å². The second-order valence-corrected chi connectivity index (χ2v) is 4.68. The molecular weight excluding hydrogens is 189 g/mol. The summed E-state index contributed by atoms with van der Waals surface area (Å²) in [6.45, 7) is 4.66. The van der Waals surface area contributed by atoms with E-state index in [1.165, 1.54) is 5.56 Å². The molecule has 2 unspecified atom stereocenters. The Bertz CT molecular complexity index is 329. The summed E-state index contributed by atoms with van der Waals surface area (Å²) in [7, 11) is 0. The maximum absolute atomic E-state index is 14.3. The summed E-state index contributed by atoms with van der Waals surface area (Å²) in [5, 5.41) is 3.27. The van der Waals surface area contributed by atoms with Crippen molar-refractivity contribution in [1.29, 1.82) is 0 Å². The highest BCUT2D eigenvalue weighted by Crippen LogP contribution is 2.36. The number of nitrogens with one attached hydrogen (secondary N) is 1. The van der Waals surface area contributed by atoms with E-state index in [4.69, 9.17) is 0 Å². The Morgan fingerprint density at radius 1 is 1.33 bits per heavy atom. The number of piperidine rings is 1. The third-order valence-corrected chi connectivity index (χ3v) is 3.20. The first-order chi connectivity index (χ1) is 7.09. The fourth-order valence-electron chi connectivity index (χ4n) is 2.26. The monoisotopic (exact) mass is 207 g/mol. The van der Waals surface area contributed by atoms with Gasteiger partial charge in [-0.2, -0.15) is 0 Å². The Morgan fingerprint density at radius 2 is 2.00 bits per heavy atom. The standard InChI is InChI=1S/C13H18FN/c1-10-4-6-11(7-5-10)12-13(2,14)8-3-9-15-12/h4-7,12,15H,3,8-9H2,1-2H3. The van der Waals surface area contributed by atoms with Crippen LogP contribution in [0.2, 0.25) is 0 Å². The molecule has 1 aliphatic heterocycles. The molecule has 82 valence electrons. The largest absolute Gasteiger partial charge is 0.307 e. The smallest absolute Gasteiger partial charge is 0.127 e. The van der Waals surface area contributed by atoms with Gasteiger partial charge in [0.2, 0.25) is 0 Å². The Hall–Kier alpha value is -0.890. The zero-order chi connectivity index (χ0) is 10.9. The number of rotatable bonds is 1. The Morgan fingerprint density at radius 3 is 2.60 bits per heavy atom. The molecule has 2 rings (SSSR count). The first-order valence-electron chi connectivity index (χ1n) is 5.58. The second-order valence-electron chi connectivity index (χ2n) is 4.68. The molecule has 1 saturated heterocycles. The Balaban J connectivity index is 2.25. The number of hydrogen-bond acceptors (Lipinski definition) is 1. The summed E-state index contributed by atoms with van der Waals surface area (Å²) in [4.78, 5) is 0. The van der Waals surface area contributed by atoms with Crippen LogP contribution in [-0.4, -0.2) is 12.2 Å². The average molecular weight is 207 g/mol. The molecule has 0 spiro atoms. The van der Waals surface area contributed by atoms with Crippen LogP contribution in [0.1, 0.15) is 36.9 Å².